The topological polar surface area (TPSA) is 102 Å². The summed E-state index contributed by atoms with van der Waals surface area (Å²) in [4.78, 5) is 19.3. The number of nitrogens with zero attached hydrogens (tertiary/aromatic N) is 3. The number of sulfone groups is 1. The van der Waals surface area contributed by atoms with Gasteiger partial charge in [0.25, 0.3) is 0 Å². The standard InChI is InChI=1S/C12H15N3O4S2/c1-8-5-9-11(13-6-8)15(3-4-21(2,18)19)12(14-9)20-7-10(16)17/h5-6H,3-4,7H2,1-2H3,(H,16,17). The number of aryl methyl sites for hydroxylation is 2. The second-order valence-electron chi connectivity index (χ2n) is 4.71. The van der Waals surface area contributed by atoms with Gasteiger partial charge in [-0.05, 0) is 18.6 Å². The Balaban J connectivity index is 2.41. The number of hydrogen-bond donors (Lipinski definition) is 1. The van der Waals surface area contributed by atoms with Crippen LogP contribution in [0.5, 0.6) is 0 Å². The summed E-state index contributed by atoms with van der Waals surface area (Å²) in [6, 6.07) is 1.84. The second kappa shape index (κ2) is 6.02. The molecule has 0 saturated carbocycles. The highest BCUT2D eigenvalue weighted by molar-refractivity contribution is 7.99. The highest BCUT2D eigenvalue weighted by Gasteiger charge is 2.15. The fraction of sp³-hybridized carbons (Fsp3) is 0.417. The monoisotopic (exact) mass is 329 g/mol. The normalized spacial score (nSPS) is 11.9. The zero-order valence-electron chi connectivity index (χ0n) is 11.6. The number of imidazole rings is 1. The predicted octanol–water partition coefficient (Wildman–Crippen LogP) is 0.961. The number of thioether (sulfide) groups is 1. The van der Waals surface area contributed by atoms with Crippen LogP contribution in [0, 0.1) is 6.92 Å². The van der Waals surface area contributed by atoms with E-state index in [-0.39, 0.29) is 18.1 Å². The van der Waals surface area contributed by atoms with Crippen LogP contribution in [0.3, 0.4) is 0 Å². The lowest BCUT2D eigenvalue weighted by Crippen LogP contribution is -2.13. The van der Waals surface area contributed by atoms with Crippen molar-refractivity contribution in [3.05, 3.63) is 17.8 Å². The van der Waals surface area contributed by atoms with Crippen molar-refractivity contribution in [3.63, 3.8) is 0 Å². The van der Waals surface area contributed by atoms with E-state index in [1.165, 1.54) is 0 Å². The molecule has 2 rings (SSSR count). The SMILES string of the molecule is Cc1cnc2c(c1)nc(SCC(=O)O)n2CCS(C)(=O)=O. The molecule has 2 aromatic heterocycles. The molecule has 2 aromatic rings. The third kappa shape index (κ3) is 4.18. The van der Waals surface area contributed by atoms with Gasteiger partial charge in [-0.3, -0.25) is 4.79 Å². The first-order valence-corrected chi connectivity index (χ1v) is 9.16. The second-order valence-corrected chi connectivity index (χ2v) is 7.92. The van der Waals surface area contributed by atoms with E-state index in [2.05, 4.69) is 9.97 Å². The molecule has 114 valence electrons. The molecule has 9 heteroatoms. The molecule has 21 heavy (non-hydrogen) atoms. The molecule has 0 atom stereocenters. The molecule has 0 aromatic carbocycles. The van der Waals surface area contributed by atoms with Gasteiger partial charge >= 0.3 is 5.97 Å². The molecule has 0 aliphatic heterocycles. The molecule has 0 saturated heterocycles. The summed E-state index contributed by atoms with van der Waals surface area (Å²) in [6.07, 6.45) is 2.83. The van der Waals surface area contributed by atoms with Crippen LogP contribution < -0.4 is 0 Å². The summed E-state index contributed by atoms with van der Waals surface area (Å²) < 4.78 is 24.3. The van der Waals surface area contributed by atoms with Crippen molar-refractivity contribution in [2.45, 2.75) is 18.6 Å². The molecule has 1 N–H and O–H groups in total. The van der Waals surface area contributed by atoms with E-state index in [1.54, 1.807) is 10.8 Å². The van der Waals surface area contributed by atoms with Crippen molar-refractivity contribution in [1.82, 2.24) is 14.5 Å². The Morgan fingerprint density at radius 1 is 1.48 bits per heavy atom. The Hall–Kier alpha value is -1.61. The van der Waals surface area contributed by atoms with Gasteiger partial charge in [0.05, 0.1) is 11.5 Å². The van der Waals surface area contributed by atoms with E-state index >= 15 is 0 Å². The summed E-state index contributed by atoms with van der Waals surface area (Å²) in [5, 5.41) is 9.24. The van der Waals surface area contributed by atoms with Gasteiger partial charge in [-0.1, -0.05) is 11.8 Å². The molecule has 2 heterocycles. The third-order valence-corrected chi connectivity index (χ3v) is 4.58. The highest BCUT2D eigenvalue weighted by atomic mass is 32.2. The van der Waals surface area contributed by atoms with Gasteiger partial charge < -0.3 is 9.67 Å². The molecular weight excluding hydrogens is 314 g/mol. The average molecular weight is 329 g/mol. The van der Waals surface area contributed by atoms with Crippen LogP contribution in [0.2, 0.25) is 0 Å². The van der Waals surface area contributed by atoms with Crippen LogP contribution in [-0.4, -0.2) is 51.8 Å². The number of carboxylic acids is 1. The highest BCUT2D eigenvalue weighted by Crippen LogP contribution is 2.23. The molecule has 0 radical (unpaired) electrons. The van der Waals surface area contributed by atoms with Crippen molar-refractivity contribution in [2.24, 2.45) is 0 Å². The minimum atomic E-state index is -3.13. The molecule has 7 nitrogen and oxygen atoms in total. The Morgan fingerprint density at radius 2 is 2.19 bits per heavy atom. The van der Waals surface area contributed by atoms with Crippen molar-refractivity contribution in [2.75, 3.05) is 17.8 Å². The maximum absolute atomic E-state index is 11.3. The Bertz CT molecular complexity index is 783. The first-order chi connectivity index (χ1) is 9.76. The molecule has 0 amide bonds. The van der Waals surface area contributed by atoms with E-state index in [0.717, 1.165) is 23.6 Å². The number of carboxylic acid groups (broad SMARTS) is 1. The van der Waals surface area contributed by atoms with Crippen LogP contribution in [0.1, 0.15) is 5.56 Å². The van der Waals surface area contributed by atoms with E-state index in [0.29, 0.717) is 16.3 Å². The first-order valence-electron chi connectivity index (χ1n) is 6.11. The fourth-order valence-electron chi connectivity index (χ4n) is 1.79. The van der Waals surface area contributed by atoms with Crippen LogP contribution in [0.15, 0.2) is 17.4 Å². The molecule has 0 spiro atoms. The largest absolute Gasteiger partial charge is 0.481 e. The lowest BCUT2D eigenvalue weighted by molar-refractivity contribution is -0.133. The zero-order chi connectivity index (χ0) is 15.6. The molecule has 0 aliphatic rings. The molecule has 0 bridgehead atoms. The van der Waals surface area contributed by atoms with Crippen LogP contribution in [-0.2, 0) is 21.2 Å². The molecule has 0 unspecified atom stereocenters. The van der Waals surface area contributed by atoms with Crippen molar-refractivity contribution in [3.8, 4) is 0 Å². The summed E-state index contributed by atoms with van der Waals surface area (Å²) in [7, 11) is -3.13. The van der Waals surface area contributed by atoms with Gasteiger partial charge in [0, 0.05) is 19.0 Å². The van der Waals surface area contributed by atoms with Crippen LogP contribution in [0.4, 0.5) is 0 Å². The summed E-state index contributed by atoms with van der Waals surface area (Å²) >= 11 is 1.05. The van der Waals surface area contributed by atoms with Gasteiger partial charge in [-0.2, -0.15) is 0 Å². The lowest BCUT2D eigenvalue weighted by Gasteiger charge is -2.06. The molecule has 0 aliphatic carbocycles. The third-order valence-electron chi connectivity index (χ3n) is 2.70. The van der Waals surface area contributed by atoms with Crippen LogP contribution >= 0.6 is 11.8 Å². The van der Waals surface area contributed by atoms with Gasteiger partial charge in [0.2, 0.25) is 0 Å². The van der Waals surface area contributed by atoms with Crippen molar-refractivity contribution in [1.29, 1.82) is 0 Å². The van der Waals surface area contributed by atoms with Gasteiger partial charge in [0.1, 0.15) is 15.4 Å². The van der Waals surface area contributed by atoms with Gasteiger partial charge in [-0.25, -0.2) is 18.4 Å². The number of fused-ring (bicyclic) bond motifs is 1. The zero-order valence-corrected chi connectivity index (χ0v) is 13.2. The Kier molecular flexibility index (Phi) is 4.52. The maximum atomic E-state index is 11.3. The number of pyridine rings is 1. The molecular formula is C12H15N3O4S2. The Labute approximate surface area is 126 Å². The first kappa shape index (κ1) is 15.8. The van der Waals surface area contributed by atoms with E-state index in [1.807, 2.05) is 13.0 Å². The quantitative estimate of drug-likeness (QED) is 0.787. The lowest BCUT2D eigenvalue weighted by atomic mass is 10.3. The van der Waals surface area contributed by atoms with E-state index in [4.69, 9.17) is 5.11 Å². The maximum Gasteiger partial charge on any atom is 0.313 e. The van der Waals surface area contributed by atoms with Crippen LogP contribution in [0.25, 0.3) is 11.2 Å². The average Bonchev–Trinajstić information content (AvgIpc) is 2.69. The number of hydrogen-bond acceptors (Lipinski definition) is 6. The fourth-order valence-corrected chi connectivity index (χ4v) is 3.05. The summed E-state index contributed by atoms with van der Waals surface area (Å²) in [5.41, 5.74) is 2.14. The predicted molar refractivity (Wildman–Crippen MR) is 80.3 cm³/mol. The number of rotatable bonds is 6. The van der Waals surface area contributed by atoms with Gasteiger partial charge in [0.15, 0.2) is 10.8 Å². The summed E-state index contributed by atoms with van der Waals surface area (Å²) in [5.74, 6) is -1.14. The number of aromatic nitrogens is 3. The number of carbonyl (C=O) groups is 1. The minimum Gasteiger partial charge on any atom is -0.481 e. The Morgan fingerprint density at radius 3 is 2.81 bits per heavy atom. The smallest absolute Gasteiger partial charge is 0.313 e. The van der Waals surface area contributed by atoms with Crippen molar-refractivity contribution < 1.29 is 18.3 Å². The number of aliphatic carboxylic acids is 1. The van der Waals surface area contributed by atoms with Crippen molar-refractivity contribution >= 4 is 38.7 Å². The van der Waals surface area contributed by atoms with E-state index in [9.17, 15) is 13.2 Å². The van der Waals surface area contributed by atoms with E-state index < -0.39 is 15.8 Å². The minimum absolute atomic E-state index is 0.0470. The summed E-state index contributed by atoms with van der Waals surface area (Å²) in [6.45, 7) is 2.08. The molecule has 0 fully saturated rings. The van der Waals surface area contributed by atoms with Gasteiger partial charge in [-0.15, -0.1) is 0 Å².